The Morgan fingerprint density at radius 2 is 2.11 bits per heavy atom. The molecule has 104 valence electrons. The summed E-state index contributed by atoms with van der Waals surface area (Å²) in [6.07, 6.45) is 5.05. The van der Waals surface area contributed by atoms with Gasteiger partial charge in [-0.05, 0) is 36.6 Å². The fourth-order valence-corrected chi connectivity index (χ4v) is 3.33. The molecular weight excluding hydrogens is 243 g/mol. The van der Waals surface area contributed by atoms with Gasteiger partial charge in [-0.15, -0.1) is 0 Å². The maximum atomic E-state index is 13.7. The zero-order valence-corrected chi connectivity index (χ0v) is 11.1. The highest BCUT2D eigenvalue weighted by Crippen LogP contribution is 2.32. The Balaban J connectivity index is 1.89. The summed E-state index contributed by atoms with van der Waals surface area (Å²) >= 11 is 0. The molecule has 1 heterocycles. The van der Waals surface area contributed by atoms with Crippen molar-refractivity contribution in [2.75, 3.05) is 18.1 Å². The van der Waals surface area contributed by atoms with Gasteiger partial charge in [-0.25, -0.2) is 4.39 Å². The van der Waals surface area contributed by atoms with E-state index in [1.807, 2.05) is 6.07 Å². The molecule has 0 radical (unpaired) electrons. The molecule has 2 unspecified atom stereocenters. The number of hydrogen-bond donors (Lipinski definition) is 1. The average Bonchev–Trinajstić information content (AvgIpc) is 2.46. The van der Waals surface area contributed by atoms with Gasteiger partial charge >= 0.3 is 0 Å². The molecule has 0 spiro atoms. The molecule has 0 aromatic heterocycles. The fourth-order valence-electron chi connectivity index (χ4n) is 3.33. The number of fused-ring (bicyclic) bond motifs is 1. The van der Waals surface area contributed by atoms with Crippen LogP contribution in [-0.4, -0.2) is 25.3 Å². The number of hydrogen-bond acceptors (Lipinski definition) is 3. The molecule has 0 bridgehead atoms. The van der Waals surface area contributed by atoms with Crippen LogP contribution in [0, 0.1) is 5.82 Å². The molecule has 2 N–H and O–H groups in total. The van der Waals surface area contributed by atoms with Crippen LogP contribution in [0.3, 0.4) is 0 Å². The minimum Gasteiger partial charge on any atom is -0.374 e. The average molecular weight is 264 g/mol. The van der Waals surface area contributed by atoms with Crippen molar-refractivity contribution in [3.63, 3.8) is 0 Å². The number of ether oxygens (including phenoxy) is 1. The van der Waals surface area contributed by atoms with Gasteiger partial charge in [-0.3, -0.25) is 0 Å². The fraction of sp³-hybridized carbons (Fsp3) is 0.600. The van der Waals surface area contributed by atoms with Crippen molar-refractivity contribution in [1.82, 2.24) is 0 Å². The summed E-state index contributed by atoms with van der Waals surface area (Å²) in [5.74, 6) is -0.197. The standard InChI is InChI=1S/C15H21FN2O/c16-12-7-11(10-17)8-13(9-12)18-5-6-19-15-4-2-1-3-14(15)18/h7-9,14-15H,1-6,10,17H2. The third kappa shape index (κ3) is 2.60. The van der Waals surface area contributed by atoms with Crippen LogP contribution >= 0.6 is 0 Å². The lowest BCUT2D eigenvalue weighted by atomic mass is 9.89. The lowest BCUT2D eigenvalue weighted by molar-refractivity contribution is -0.00870. The Labute approximate surface area is 113 Å². The van der Waals surface area contributed by atoms with Gasteiger partial charge in [0.2, 0.25) is 0 Å². The number of nitrogens with two attached hydrogens (primary N) is 1. The van der Waals surface area contributed by atoms with E-state index >= 15 is 0 Å². The molecule has 0 amide bonds. The summed E-state index contributed by atoms with van der Waals surface area (Å²) in [6.45, 7) is 1.95. The van der Waals surface area contributed by atoms with Gasteiger partial charge < -0.3 is 15.4 Å². The molecule has 1 saturated carbocycles. The molecule has 3 nitrogen and oxygen atoms in total. The number of anilines is 1. The molecule has 2 atom stereocenters. The SMILES string of the molecule is NCc1cc(F)cc(N2CCOC3CCCCC32)c1. The smallest absolute Gasteiger partial charge is 0.125 e. The predicted molar refractivity (Wildman–Crippen MR) is 73.6 cm³/mol. The Morgan fingerprint density at radius 1 is 1.26 bits per heavy atom. The second kappa shape index (κ2) is 5.47. The maximum absolute atomic E-state index is 13.7. The maximum Gasteiger partial charge on any atom is 0.125 e. The topological polar surface area (TPSA) is 38.5 Å². The summed E-state index contributed by atoms with van der Waals surface area (Å²) in [6, 6.07) is 5.55. The van der Waals surface area contributed by atoms with E-state index in [1.54, 1.807) is 6.07 Å². The molecule has 2 aliphatic rings. The second-order valence-corrected chi connectivity index (χ2v) is 5.48. The Kier molecular flexibility index (Phi) is 3.71. The van der Waals surface area contributed by atoms with Gasteiger partial charge in [0.05, 0.1) is 18.8 Å². The first kappa shape index (κ1) is 12.9. The monoisotopic (exact) mass is 264 g/mol. The van der Waals surface area contributed by atoms with Crippen LogP contribution in [0.1, 0.15) is 31.2 Å². The van der Waals surface area contributed by atoms with Crippen LogP contribution in [-0.2, 0) is 11.3 Å². The molecule has 2 fully saturated rings. The van der Waals surface area contributed by atoms with Crippen molar-refractivity contribution in [2.24, 2.45) is 5.73 Å². The molecule has 4 heteroatoms. The van der Waals surface area contributed by atoms with E-state index in [-0.39, 0.29) is 5.82 Å². The lowest BCUT2D eigenvalue weighted by Crippen LogP contribution is -2.52. The Morgan fingerprint density at radius 3 is 2.95 bits per heavy atom. The van der Waals surface area contributed by atoms with Gasteiger partial charge in [0.25, 0.3) is 0 Å². The Hall–Kier alpha value is -1.13. The van der Waals surface area contributed by atoms with Crippen LogP contribution in [0.5, 0.6) is 0 Å². The first-order valence-corrected chi connectivity index (χ1v) is 7.16. The van der Waals surface area contributed by atoms with Crippen molar-refractivity contribution in [1.29, 1.82) is 0 Å². The van der Waals surface area contributed by atoms with Crippen molar-refractivity contribution < 1.29 is 9.13 Å². The third-order valence-electron chi connectivity index (χ3n) is 4.24. The third-order valence-corrected chi connectivity index (χ3v) is 4.24. The number of morpholine rings is 1. The van der Waals surface area contributed by atoms with Crippen LogP contribution < -0.4 is 10.6 Å². The summed E-state index contributed by atoms with van der Waals surface area (Å²) in [4.78, 5) is 2.32. The van der Waals surface area contributed by atoms with Crippen molar-refractivity contribution in [3.05, 3.63) is 29.6 Å². The van der Waals surface area contributed by atoms with Crippen molar-refractivity contribution in [2.45, 2.75) is 44.4 Å². The normalized spacial score (nSPS) is 27.2. The molecule has 1 aliphatic heterocycles. The highest BCUT2D eigenvalue weighted by Gasteiger charge is 2.34. The van der Waals surface area contributed by atoms with Gasteiger partial charge in [0, 0.05) is 18.8 Å². The van der Waals surface area contributed by atoms with Gasteiger partial charge in [-0.1, -0.05) is 12.8 Å². The molecule has 1 saturated heterocycles. The molecule has 19 heavy (non-hydrogen) atoms. The predicted octanol–water partition coefficient (Wildman–Crippen LogP) is 2.43. The number of rotatable bonds is 2. The van der Waals surface area contributed by atoms with Crippen LogP contribution in [0.15, 0.2) is 18.2 Å². The molecule has 1 aliphatic carbocycles. The highest BCUT2D eigenvalue weighted by molar-refractivity contribution is 5.51. The zero-order chi connectivity index (χ0) is 13.2. The largest absolute Gasteiger partial charge is 0.374 e. The number of benzene rings is 1. The van der Waals surface area contributed by atoms with Crippen LogP contribution in [0.2, 0.25) is 0 Å². The first-order valence-electron chi connectivity index (χ1n) is 7.16. The van der Waals surface area contributed by atoms with E-state index in [0.29, 0.717) is 18.7 Å². The summed E-state index contributed by atoms with van der Waals surface area (Å²) < 4.78 is 19.5. The van der Waals surface area contributed by atoms with E-state index in [9.17, 15) is 4.39 Å². The minimum atomic E-state index is -0.197. The van der Waals surface area contributed by atoms with E-state index in [2.05, 4.69) is 4.90 Å². The number of halogens is 1. The lowest BCUT2D eigenvalue weighted by Gasteiger charge is -2.45. The van der Waals surface area contributed by atoms with Gasteiger partial charge in [0.1, 0.15) is 5.82 Å². The van der Waals surface area contributed by atoms with E-state index in [0.717, 1.165) is 37.2 Å². The summed E-state index contributed by atoms with van der Waals surface area (Å²) in [7, 11) is 0. The minimum absolute atomic E-state index is 0.197. The van der Waals surface area contributed by atoms with E-state index < -0.39 is 0 Å². The summed E-state index contributed by atoms with van der Waals surface area (Å²) in [5.41, 5.74) is 7.45. The van der Waals surface area contributed by atoms with E-state index in [1.165, 1.54) is 18.9 Å². The zero-order valence-electron chi connectivity index (χ0n) is 11.1. The first-order chi connectivity index (χ1) is 9.28. The van der Waals surface area contributed by atoms with Crippen LogP contribution in [0.25, 0.3) is 0 Å². The van der Waals surface area contributed by atoms with Crippen LogP contribution in [0.4, 0.5) is 10.1 Å². The molecule has 1 aromatic rings. The molecular formula is C15H21FN2O. The highest BCUT2D eigenvalue weighted by atomic mass is 19.1. The van der Waals surface area contributed by atoms with Crippen molar-refractivity contribution >= 4 is 5.69 Å². The van der Waals surface area contributed by atoms with Gasteiger partial charge in [-0.2, -0.15) is 0 Å². The quantitative estimate of drug-likeness (QED) is 0.891. The Bertz CT molecular complexity index is 450. The molecule has 1 aromatic carbocycles. The van der Waals surface area contributed by atoms with E-state index in [4.69, 9.17) is 10.5 Å². The second-order valence-electron chi connectivity index (χ2n) is 5.48. The van der Waals surface area contributed by atoms with Crippen molar-refractivity contribution in [3.8, 4) is 0 Å². The van der Waals surface area contributed by atoms with Gasteiger partial charge in [0.15, 0.2) is 0 Å². The molecule has 3 rings (SSSR count). The number of nitrogens with zero attached hydrogens (tertiary/aromatic N) is 1. The summed E-state index contributed by atoms with van der Waals surface area (Å²) in [5, 5.41) is 0.